The average molecular weight is 274 g/mol. The first-order valence-corrected chi connectivity index (χ1v) is 8.29. The molecule has 4 heteroatoms. The molecule has 4 fully saturated rings. The summed E-state index contributed by atoms with van der Waals surface area (Å²) in [6.45, 7) is 3.96. The summed E-state index contributed by atoms with van der Waals surface area (Å²) in [6.07, 6.45) is 8.50. The molecule has 1 N–H and O–H groups in total. The highest BCUT2D eigenvalue weighted by molar-refractivity contribution is 5.17. The lowest BCUT2D eigenvalue weighted by molar-refractivity contribution is -0.00942. The van der Waals surface area contributed by atoms with E-state index in [0.717, 1.165) is 42.5 Å². The van der Waals surface area contributed by atoms with Gasteiger partial charge in [0.2, 0.25) is 0 Å². The second-order valence-corrected chi connectivity index (χ2v) is 7.45. The summed E-state index contributed by atoms with van der Waals surface area (Å²) < 4.78 is 2.00. The van der Waals surface area contributed by atoms with E-state index in [-0.39, 0.29) is 0 Å². The molecule has 0 amide bonds. The SMILES string of the molecule is CCNCc1nc(C23CC4CC(CC(C4)C2)C3)nn1C. The molecule has 0 radical (unpaired) electrons. The number of nitrogens with one attached hydrogen (secondary N) is 1. The van der Waals surface area contributed by atoms with Gasteiger partial charge in [-0.15, -0.1) is 0 Å². The van der Waals surface area contributed by atoms with Gasteiger partial charge in [0.1, 0.15) is 5.82 Å². The van der Waals surface area contributed by atoms with Crippen molar-refractivity contribution >= 4 is 0 Å². The average Bonchev–Trinajstić information content (AvgIpc) is 2.77. The molecule has 0 spiro atoms. The zero-order valence-electron chi connectivity index (χ0n) is 12.7. The molecule has 4 aliphatic rings. The van der Waals surface area contributed by atoms with Crippen LogP contribution < -0.4 is 5.32 Å². The molecule has 20 heavy (non-hydrogen) atoms. The predicted octanol–water partition coefficient (Wildman–Crippen LogP) is 2.39. The Balaban J connectivity index is 1.63. The first-order valence-electron chi connectivity index (χ1n) is 8.29. The van der Waals surface area contributed by atoms with Gasteiger partial charge in [-0.25, -0.2) is 4.98 Å². The molecule has 4 saturated carbocycles. The summed E-state index contributed by atoms with van der Waals surface area (Å²) >= 11 is 0. The second-order valence-electron chi connectivity index (χ2n) is 7.45. The zero-order valence-corrected chi connectivity index (χ0v) is 12.7. The van der Waals surface area contributed by atoms with Crippen molar-refractivity contribution in [2.24, 2.45) is 24.8 Å². The summed E-state index contributed by atoms with van der Waals surface area (Å²) in [7, 11) is 2.05. The monoisotopic (exact) mass is 274 g/mol. The minimum absolute atomic E-state index is 0.330. The molecule has 0 atom stereocenters. The third-order valence-electron chi connectivity index (χ3n) is 5.90. The Morgan fingerprint density at radius 3 is 2.30 bits per heavy atom. The lowest BCUT2D eigenvalue weighted by atomic mass is 9.49. The van der Waals surface area contributed by atoms with Gasteiger partial charge in [0, 0.05) is 12.5 Å². The topological polar surface area (TPSA) is 42.7 Å². The minimum Gasteiger partial charge on any atom is -0.310 e. The van der Waals surface area contributed by atoms with Crippen molar-refractivity contribution in [2.75, 3.05) is 6.54 Å². The summed E-state index contributed by atoms with van der Waals surface area (Å²) in [5, 5.41) is 8.19. The van der Waals surface area contributed by atoms with Crippen LogP contribution >= 0.6 is 0 Å². The number of aryl methyl sites for hydroxylation is 1. The Morgan fingerprint density at radius 1 is 1.15 bits per heavy atom. The van der Waals surface area contributed by atoms with Crippen molar-refractivity contribution in [2.45, 2.75) is 57.4 Å². The van der Waals surface area contributed by atoms with E-state index >= 15 is 0 Å². The summed E-state index contributed by atoms with van der Waals surface area (Å²) in [6, 6.07) is 0. The van der Waals surface area contributed by atoms with Gasteiger partial charge in [-0.05, 0) is 62.8 Å². The van der Waals surface area contributed by atoms with E-state index in [4.69, 9.17) is 10.1 Å². The third-order valence-corrected chi connectivity index (χ3v) is 5.90. The number of aromatic nitrogens is 3. The van der Waals surface area contributed by atoms with Crippen molar-refractivity contribution in [1.29, 1.82) is 0 Å². The van der Waals surface area contributed by atoms with Crippen molar-refractivity contribution in [1.82, 2.24) is 20.1 Å². The fourth-order valence-electron chi connectivity index (χ4n) is 5.42. The van der Waals surface area contributed by atoms with Gasteiger partial charge < -0.3 is 5.32 Å². The molecule has 0 aliphatic heterocycles. The Morgan fingerprint density at radius 2 is 1.75 bits per heavy atom. The molecule has 1 aromatic heterocycles. The highest BCUT2D eigenvalue weighted by Crippen LogP contribution is 2.60. The minimum atomic E-state index is 0.330. The van der Waals surface area contributed by atoms with Crippen molar-refractivity contribution in [3.05, 3.63) is 11.6 Å². The molecular formula is C16H26N4. The van der Waals surface area contributed by atoms with Crippen LogP contribution in [0.2, 0.25) is 0 Å². The van der Waals surface area contributed by atoms with Gasteiger partial charge in [0.05, 0.1) is 6.54 Å². The lowest BCUT2D eigenvalue weighted by Gasteiger charge is -2.55. The molecular weight excluding hydrogens is 248 g/mol. The van der Waals surface area contributed by atoms with E-state index in [1.54, 1.807) is 0 Å². The number of hydrogen-bond acceptors (Lipinski definition) is 3. The molecule has 5 rings (SSSR count). The third kappa shape index (κ3) is 1.92. The Kier molecular flexibility index (Phi) is 2.92. The molecule has 110 valence electrons. The molecule has 4 bridgehead atoms. The summed E-state index contributed by atoms with van der Waals surface area (Å²) in [5.41, 5.74) is 0.330. The molecule has 1 aromatic rings. The maximum absolute atomic E-state index is 4.93. The highest BCUT2D eigenvalue weighted by atomic mass is 15.3. The second kappa shape index (κ2) is 4.55. The Labute approximate surface area is 121 Å². The van der Waals surface area contributed by atoms with Gasteiger partial charge >= 0.3 is 0 Å². The fraction of sp³-hybridized carbons (Fsp3) is 0.875. The molecule has 0 saturated heterocycles. The van der Waals surface area contributed by atoms with Crippen LogP contribution in [0, 0.1) is 17.8 Å². The first kappa shape index (κ1) is 12.8. The van der Waals surface area contributed by atoms with Crippen LogP contribution in [0.3, 0.4) is 0 Å². The van der Waals surface area contributed by atoms with Crippen LogP contribution in [0.5, 0.6) is 0 Å². The zero-order chi connectivity index (χ0) is 13.7. The van der Waals surface area contributed by atoms with E-state index in [0.29, 0.717) is 5.41 Å². The van der Waals surface area contributed by atoms with Crippen LogP contribution in [-0.4, -0.2) is 21.3 Å². The largest absolute Gasteiger partial charge is 0.310 e. The number of hydrogen-bond donors (Lipinski definition) is 1. The summed E-state index contributed by atoms with van der Waals surface area (Å²) in [5.74, 6) is 5.14. The van der Waals surface area contributed by atoms with Crippen LogP contribution in [0.15, 0.2) is 0 Å². The van der Waals surface area contributed by atoms with E-state index in [1.807, 2.05) is 11.7 Å². The Bertz CT molecular complexity index is 469. The van der Waals surface area contributed by atoms with Crippen LogP contribution in [0.1, 0.15) is 57.1 Å². The number of rotatable bonds is 4. The van der Waals surface area contributed by atoms with Crippen molar-refractivity contribution < 1.29 is 0 Å². The van der Waals surface area contributed by atoms with Crippen LogP contribution in [-0.2, 0) is 19.0 Å². The van der Waals surface area contributed by atoms with Gasteiger partial charge in [-0.3, -0.25) is 4.68 Å². The van der Waals surface area contributed by atoms with E-state index in [1.165, 1.54) is 38.5 Å². The van der Waals surface area contributed by atoms with E-state index < -0.39 is 0 Å². The van der Waals surface area contributed by atoms with Gasteiger partial charge in [-0.1, -0.05) is 6.92 Å². The lowest BCUT2D eigenvalue weighted by Crippen LogP contribution is -2.49. The first-order chi connectivity index (χ1) is 9.68. The Hall–Kier alpha value is -0.900. The molecule has 4 nitrogen and oxygen atoms in total. The van der Waals surface area contributed by atoms with Crippen molar-refractivity contribution in [3.8, 4) is 0 Å². The fourth-order valence-corrected chi connectivity index (χ4v) is 5.42. The molecule has 4 aliphatic carbocycles. The quantitative estimate of drug-likeness (QED) is 0.917. The normalized spacial score (nSPS) is 38.6. The van der Waals surface area contributed by atoms with Gasteiger partial charge in [-0.2, -0.15) is 5.10 Å². The van der Waals surface area contributed by atoms with Crippen LogP contribution in [0.4, 0.5) is 0 Å². The number of nitrogens with zero attached hydrogens (tertiary/aromatic N) is 3. The standard InChI is InChI=1S/C16H26N4/c1-3-17-10-14-18-15(19-20(14)2)16-7-11-4-12(8-16)6-13(5-11)9-16/h11-13,17H,3-10H2,1-2H3. The highest BCUT2D eigenvalue weighted by Gasteiger charge is 2.53. The van der Waals surface area contributed by atoms with Gasteiger partial charge in [0.25, 0.3) is 0 Å². The van der Waals surface area contributed by atoms with E-state index in [2.05, 4.69) is 12.2 Å². The maximum Gasteiger partial charge on any atom is 0.157 e. The van der Waals surface area contributed by atoms with E-state index in [9.17, 15) is 0 Å². The van der Waals surface area contributed by atoms with Crippen molar-refractivity contribution in [3.63, 3.8) is 0 Å². The molecule has 0 aromatic carbocycles. The van der Waals surface area contributed by atoms with Crippen LogP contribution in [0.25, 0.3) is 0 Å². The smallest absolute Gasteiger partial charge is 0.157 e. The predicted molar refractivity (Wildman–Crippen MR) is 78.2 cm³/mol. The van der Waals surface area contributed by atoms with Gasteiger partial charge in [0.15, 0.2) is 5.82 Å². The molecule has 0 unspecified atom stereocenters. The maximum atomic E-state index is 4.93. The molecule has 1 heterocycles. The summed E-state index contributed by atoms with van der Waals surface area (Å²) in [4.78, 5) is 4.93.